The van der Waals surface area contributed by atoms with Crippen LogP contribution in [0.4, 0.5) is 9.18 Å². The predicted molar refractivity (Wildman–Crippen MR) is 89.0 cm³/mol. The molecule has 1 aliphatic rings. The number of nitrogens with zero attached hydrogens (tertiary/aromatic N) is 2. The molecule has 1 heterocycles. The van der Waals surface area contributed by atoms with Crippen LogP contribution in [-0.2, 0) is 16.9 Å². The Morgan fingerprint density at radius 3 is 2.52 bits per heavy atom. The summed E-state index contributed by atoms with van der Waals surface area (Å²) in [5, 5.41) is 11.7. The molecule has 5 nitrogen and oxygen atoms in total. The minimum atomic E-state index is -1.24. The number of rotatable bonds is 3. The molecule has 0 aliphatic carbocycles. The first-order valence-corrected chi connectivity index (χ1v) is 7.81. The predicted octanol–water partition coefficient (Wildman–Crippen LogP) is 3.32. The maximum absolute atomic E-state index is 13.2. The molecule has 0 spiro atoms. The van der Waals surface area contributed by atoms with Crippen molar-refractivity contribution in [3.63, 3.8) is 0 Å². The third-order valence-corrected chi connectivity index (χ3v) is 4.56. The van der Waals surface area contributed by atoms with Crippen molar-refractivity contribution in [2.75, 3.05) is 0 Å². The van der Waals surface area contributed by atoms with Gasteiger partial charge in [0, 0.05) is 5.02 Å². The molecule has 2 aromatic rings. The number of nitrogens with one attached hydrogen (secondary N) is 1. The number of nitriles is 1. The Kier molecular flexibility index (Phi) is 4.19. The minimum Gasteiger partial charge on any atom is -0.319 e. The molecule has 7 heteroatoms. The summed E-state index contributed by atoms with van der Waals surface area (Å²) in [5.74, 6) is -0.934. The van der Waals surface area contributed by atoms with Crippen LogP contribution in [0.15, 0.2) is 42.5 Å². The highest BCUT2D eigenvalue weighted by molar-refractivity contribution is 6.31. The number of hydrogen-bond donors (Lipinski definition) is 1. The third kappa shape index (κ3) is 2.94. The normalized spacial score (nSPS) is 19.7. The van der Waals surface area contributed by atoms with E-state index >= 15 is 0 Å². The van der Waals surface area contributed by atoms with Crippen LogP contribution in [0, 0.1) is 17.1 Å². The molecule has 25 heavy (non-hydrogen) atoms. The van der Waals surface area contributed by atoms with Crippen LogP contribution in [0.5, 0.6) is 0 Å². The van der Waals surface area contributed by atoms with Crippen molar-refractivity contribution in [2.45, 2.75) is 19.0 Å². The van der Waals surface area contributed by atoms with Crippen LogP contribution in [0.3, 0.4) is 0 Å². The second-order valence-electron chi connectivity index (χ2n) is 5.87. The monoisotopic (exact) mass is 357 g/mol. The van der Waals surface area contributed by atoms with Gasteiger partial charge in [0.05, 0.1) is 18.2 Å². The standard InChI is InChI=1S/C18H13ClFN3O2/c1-18(13-5-2-11(9-21)3-6-13)16(24)23(17(25)22-18)10-12-4-7-14(20)8-15(12)19/h2-8H,10H2,1H3,(H,22,25)/t18-/m0/s1. The zero-order valence-electron chi connectivity index (χ0n) is 13.2. The molecule has 3 amide bonds. The summed E-state index contributed by atoms with van der Waals surface area (Å²) in [7, 11) is 0. The number of urea groups is 1. The topological polar surface area (TPSA) is 73.2 Å². The highest BCUT2D eigenvalue weighted by Gasteiger charge is 2.48. The van der Waals surface area contributed by atoms with Gasteiger partial charge >= 0.3 is 6.03 Å². The summed E-state index contributed by atoms with van der Waals surface area (Å²) in [6, 6.07) is 11.7. The highest BCUT2D eigenvalue weighted by Crippen LogP contribution is 2.31. The molecule has 1 fully saturated rings. The smallest absolute Gasteiger partial charge is 0.319 e. The van der Waals surface area contributed by atoms with E-state index in [0.717, 1.165) is 11.0 Å². The summed E-state index contributed by atoms with van der Waals surface area (Å²) >= 11 is 5.98. The second kappa shape index (κ2) is 6.19. The average Bonchev–Trinajstić information content (AvgIpc) is 2.81. The summed E-state index contributed by atoms with van der Waals surface area (Å²) in [4.78, 5) is 26.2. The van der Waals surface area contributed by atoms with Crippen molar-refractivity contribution in [1.82, 2.24) is 10.2 Å². The van der Waals surface area contributed by atoms with E-state index in [1.54, 1.807) is 31.2 Å². The van der Waals surface area contributed by atoms with Crippen molar-refractivity contribution in [1.29, 1.82) is 5.26 Å². The first-order chi connectivity index (χ1) is 11.8. The molecule has 1 atom stereocenters. The van der Waals surface area contributed by atoms with E-state index in [-0.39, 0.29) is 11.6 Å². The Balaban J connectivity index is 1.89. The van der Waals surface area contributed by atoms with Gasteiger partial charge in [-0.3, -0.25) is 9.69 Å². The SMILES string of the molecule is C[C@@]1(c2ccc(C#N)cc2)NC(=O)N(Cc2ccc(F)cc2Cl)C1=O. The van der Waals surface area contributed by atoms with E-state index in [9.17, 15) is 14.0 Å². The first-order valence-electron chi connectivity index (χ1n) is 7.44. The Bertz CT molecular complexity index is 908. The van der Waals surface area contributed by atoms with E-state index in [0.29, 0.717) is 16.7 Å². The number of hydrogen-bond acceptors (Lipinski definition) is 3. The van der Waals surface area contributed by atoms with Crippen molar-refractivity contribution >= 4 is 23.5 Å². The van der Waals surface area contributed by atoms with Gasteiger partial charge in [-0.15, -0.1) is 0 Å². The molecule has 0 aromatic heterocycles. The Morgan fingerprint density at radius 2 is 1.92 bits per heavy atom. The lowest BCUT2D eigenvalue weighted by Crippen LogP contribution is -2.40. The Morgan fingerprint density at radius 1 is 1.24 bits per heavy atom. The van der Waals surface area contributed by atoms with Gasteiger partial charge in [0.15, 0.2) is 0 Å². The molecule has 126 valence electrons. The van der Waals surface area contributed by atoms with Crippen molar-refractivity contribution in [3.8, 4) is 6.07 Å². The van der Waals surface area contributed by atoms with Crippen LogP contribution in [0.2, 0.25) is 5.02 Å². The van der Waals surface area contributed by atoms with Crippen molar-refractivity contribution in [2.24, 2.45) is 0 Å². The lowest BCUT2D eigenvalue weighted by atomic mass is 9.91. The maximum atomic E-state index is 13.2. The Hall–Kier alpha value is -2.91. The fourth-order valence-electron chi connectivity index (χ4n) is 2.73. The number of benzene rings is 2. The van der Waals surface area contributed by atoms with Crippen LogP contribution in [0.1, 0.15) is 23.6 Å². The summed E-state index contributed by atoms with van der Waals surface area (Å²) in [6.45, 7) is 1.54. The fourth-order valence-corrected chi connectivity index (χ4v) is 2.96. The summed E-state index contributed by atoms with van der Waals surface area (Å²) < 4.78 is 13.2. The van der Waals surface area contributed by atoms with Crippen molar-refractivity contribution < 1.29 is 14.0 Å². The summed E-state index contributed by atoms with van der Waals surface area (Å²) in [5.41, 5.74) is 0.254. The summed E-state index contributed by atoms with van der Waals surface area (Å²) in [6.07, 6.45) is 0. The van der Waals surface area contributed by atoms with E-state index in [2.05, 4.69) is 5.32 Å². The van der Waals surface area contributed by atoms with Gasteiger partial charge in [0.1, 0.15) is 11.4 Å². The van der Waals surface area contributed by atoms with Gasteiger partial charge in [-0.1, -0.05) is 29.8 Å². The van der Waals surface area contributed by atoms with Gasteiger partial charge in [0.25, 0.3) is 5.91 Å². The van der Waals surface area contributed by atoms with E-state index < -0.39 is 23.3 Å². The molecular formula is C18H13ClFN3O2. The second-order valence-corrected chi connectivity index (χ2v) is 6.28. The van der Waals surface area contributed by atoms with Crippen LogP contribution in [-0.4, -0.2) is 16.8 Å². The number of imide groups is 1. The number of halogens is 2. The van der Waals surface area contributed by atoms with E-state index in [4.69, 9.17) is 16.9 Å². The quantitative estimate of drug-likeness (QED) is 0.856. The molecular weight excluding hydrogens is 345 g/mol. The lowest BCUT2D eigenvalue weighted by molar-refractivity contribution is -0.131. The van der Waals surface area contributed by atoms with Crippen LogP contribution < -0.4 is 5.32 Å². The molecule has 1 N–H and O–H groups in total. The molecule has 3 rings (SSSR count). The van der Waals surface area contributed by atoms with Crippen LogP contribution >= 0.6 is 11.6 Å². The Labute approximate surface area is 148 Å². The lowest BCUT2D eigenvalue weighted by Gasteiger charge is -2.22. The molecule has 0 bridgehead atoms. The largest absolute Gasteiger partial charge is 0.325 e. The average molecular weight is 358 g/mol. The first kappa shape index (κ1) is 16.9. The van der Waals surface area contributed by atoms with Gasteiger partial charge in [-0.25, -0.2) is 9.18 Å². The van der Waals surface area contributed by atoms with Gasteiger partial charge in [-0.2, -0.15) is 5.26 Å². The zero-order valence-corrected chi connectivity index (χ0v) is 14.0. The van der Waals surface area contributed by atoms with E-state index in [1.807, 2.05) is 6.07 Å². The zero-order chi connectivity index (χ0) is 18.2. The number of carbonyl (C=O) groups excluding carboxylic acids is 2. The van der Waals surface area contributed by atoms with E-state index in [1.165, 1.54) is 12.1 Å². The number of carbonyl (C=O) groups is 2. The van der Waals surface area contributed by atoms with Crippen molar-refractivity contribution in [3.05, 3.63) is 70.0 Å². The molecule has 0 radical (unpaired) electrons. The minimum absolute atomic E-state index is 0.0599. The molecule has 1 saturated heterocycles. The number of amides is 3. The molecule has 0 unspecified atom stereocenters. The van der Waals surface area contributed by atoms with Gasteiger partial charge < -0.3 is 5.32 Å². The van der Waals surface area contributed by atoms with Gasteiger partial charge in [-0.05, 0) is 42.3 Å². The van der Waals surface area contributed by atoms with Gasteiger partial charge in [0.2, 0.25) is 0 Å². The third-order valence-electron chi connectivity index (χ3n) is 4.21. The van der Waals surface area contributed by atoms with Crippen LogP contribution in [0.25, 0.3) is 0 Å². The maximum Gasteiger partial charge on any atom is 0.325 e. The molecule has 0 saturated carbocycles. The highest BCUT2D eigenvalue weighted by atomic mass is 35.5. The molecule has 2 aromatic carbocycles. The molecule has 1 aliphatic heterocycles. The fraction of sp³-hybridized carbons (Fsp3) is 0.167.